The maximum atomic E-state index is 6.12. The summed E-state index contributed by atoms with van der Waals surface area (Å²) in [5.74, 6) is 2.15. The van der Waals surface area contributed by atoms with Crippen molar-refractivity contribution in [3.05, 3.63) is 64.2 Å². The summed E-state index contributed by atoms with van der Waals surface area (Å²) >= 11 is 5.94. The number of nitrogens with one attached hydrogen (secondary N) is 2. The fourth-order valence-corrected chi connectivity index (χ4v) is 3.18. The van der Waals surface area contributed by atoms with E-state index >= 15 is 0 Å². The van der Waals surface area contributed by atoms with E-state index in [-0.39, 0.29) is 0 Å². The zero-order chi connectivity index (χ0) is 19.8. The van der Waals surface area contributed by atoms with Gasteiger partial charge >= 0.3 is 0 Å². The van der Waals surface area contributed by atoms with Crippen molar-refractivity contribution < 1.29 is 9.47 Å². The average molecular weight is 402 g/mol. The first-order valence-corrected chi connectivity index (χ1v) is 10.0. The van der Waals surface area contributed by atoms with E-state index in [1.54, 1.807) is 7.05 Å². The molecule has 6 heteroatoms. The molecular weight excluding hydrogens is 374 g/mol. The number of guanidine groups is 1. The molecule has 1 fully saturated rings. The first-order chi connectivity index (χ1) is 13.6. The van der Waals surface area contributed by atoms with Gasteiger partial charge in [0.05, 0.1) is 13.2 Å². The minimum Gasteiger partial charge on any atom is -0.493 e. The van der Waals surface area contributed by atoms with Crippen LogP contribution in [0.4, 0.5) is 0 Å². The van der Waals surface area contributed by atoms with E-state index in [4.69, 9.17) is 21.1 Å². The highest BCUT2D eigenvalue weighted by Crippen LogP contribution is 2.22. The third kappa shape index (κ3) is 6.14. The number of halogens is 1. The van der Waals surface area contributed by atoms with Crippen molar-refractivity contribution in [3.63, 3.8) is 0 Å². The molecule has 0 bridgehead atoms. The number of ether oxygens (including phenoxy) is 2. The number of aliphatic imine (C=N–C) groups is 1. The van der Waals surface area contributed by atoms with Gasteiger partial charge in [-0.1, -0.05) is 35.9 Å². The van der Waals surface area contributed by atoms with Gasteiger partial charge in [-0.25, -0.2) is 0 Å². The Morgan fingerprint density at radius 2 is 1.96 bits per heavy atom. The minimum atomic E-state index is 0.482. The van der Waals surface area contributed by atoms with Gasteiger partial charge in [-0.3, -0.25) is 4.99 Å². The quantitative estimate of drug-likeness (QED) is 0.545. The van der Waals surface area contributed by atoms with Crippen molar-refractivity contribution in [1.82, 2.24) is 10.6 Å². The van der Waals surface area contributed by atoms with Crippen LogP contribution >= 0.6 is 11.6 Å². The topological polar surface area (TPSA) is 54.9 Å². The van der Waals surface area contributed by atoms with Crippen LogP contribution in [0.2, 0.25) is 5.02 Å². The average Bonchev–Trinajstić information content (AvgIpc) is 3.22. The molecule has 0 saturated carbocycles. The molecule has 0 amide bonds. The number of benzene rings is 2. The summed E-state index contributed by atoms with van der Waals surface area (Å²) in [6.07, 6.45) is 1.07. The number of hydrogen-bond donors (Lipinski definition) is 2. The van der Waals surface area contributed by atoms with Crippen LogP contribution in [-0.4, -0.2) is 32.8 Å². The predicted octanol–water partition coefficient (Wildman–Crippen LogP) is 3.93. The molecule has 0 aromatic heterocycles. The molecule has 0 aliphatic carbocycles. The summed E-state index contributed by atoms with van der Waals surface area (Å²) < 4.78 is 11.6. The summed E-state index contributed by atoms with van der Waals surface area (Å²) in [4.78, 5) is 4.30. The maximum absolute atomic E-state index is 6.12. The van der Waals surface area contributed by atoms with E-state index in [2.05, 4.69) is 40.7 Å². The Morgan fingerprint density at radius 3 is 2.68 bits per heavy atom. The van der Waals surface area contributed by atoms with E-state index < -0.39 is 0 Å². The zero-order valence-corrected chi connectivity index (χ0v) is 17.3. The first kappa shape index (κ1) is 20.5. The lowest BCUT2D eigenvalue weighted by Crippen LogP contribution is -2.36. The summed E-state index contributed by atoms with van der Waals surface area (Å²) in [5, 5.41) is 7.42. The molecule has 1 aliphatic heterocycles. The van der Waals surface area contributed by atoms with E-state index in [0.717, 1.165) is 47.5 Å². The lowest BCUT2D eigenvalue weighted by molar-refractivity contribution is 0.166. The second-order valence-corrected chi connectivity index (χ2v) is 7.49. The molecule has 0 spiro atoms. The van der Waals surface area contributed by atoms with Crippen molar-refractivity contribution in [2.75, 3.05) is 26.9 Å². The minimum absolute atomic E-state index is 0.482. The fraction of sp³-hybridized carbons (Fsp3) is 0.409. The highest BCUT2D eigenvalue weighted by molar-refractivity contribution is 6.30. The number of aryl methyl sites for hydroxylation is 1. The molecule has 1 heterocycles. The zero-order valence-electron chi connectivity index (χ0n) is 16.5. The highest BCUT2D eigenvalue weighted by Gasteiger charge is 2.17. The van der Waals surface area contributed by atoms with Gasteiger partial charge in [0.15, 0.2) is 5.96 Å². The Labute approximate surface area is 172 Å². The van der Waals surface area contributed by atoms with Crippen LogP contribution in [0, 0.1) is 12.8 Å². The van der Waals surface area contributed by atoms with E-state index in [9.17, 15) is 0 Å². The Hall–Kier alpha value is -2.24. The van der Waals surface area contributed by atoms with Gasteiger partial charge in [0.25, 0.3) is 0 Å². The van der Waals surface area contributed by atoms with Gasteiger partial charge < -0.3 is 20.1 Å². The van der Waals surface area contributed by atoms with Crippen LogP contribution in [0.3, 0.4) is 0 Å². The summed E-state index contributed by atoms with van der Waals surface area (Å²) in [6, 6.07) is 14.1. The van der Waals surface area contributed by atoms with Crippen molar-refractivity contribution in [2.45, 2.75) is 26.4 Å². The van der Waals surface area contributed by atoms with Crippen LogP contribution in [0.1, 0.15) is 23.1 Å². The van der Waals surface area contributed by atoms with E-state index in [0.29, 0.717) is 25.6 Å². The molecule has 0 radical (unpaired) electrons. The van der Waals surface area contributed by atoms with E-state index in [1.165, 1.54) is 5.56 Å². The fourth-order valence-electron chi connectivity index (χ4n) is 3.05. The molecular formula is C22H28ClN3O2. The molecule has 5 nitrogen and oxygen atoms in total. The van der Waals surface area contributed by atoms with Crippen LogP contribution < -0.4 is 15.4 Å². The number of nitrogens with zero attached hydrogens (tertiary/aromatic N) is 1. The third-order valence-corrected chi connectivity index (χ3v) is 5.02. The summed E-state index contributed by atoms with van der Waals surface area (Å²) in [5.41, 5.74) is 3.44. The van der Waals surface area contributed by atoms with Crippen molar-refractivity contribution in [2.24, 2.45) is 10.9 Å². The lowest BCUT2D eigenvalue weighted by atomic mass is 10.1. The third-order valence-electron chi connectivity index (χ3n) is 4.76. The van der Waals surface area contributed by atoms with Gasteiger partial charge in [-0.2, -0.15) is 0 Å². The lowest BCUT2D eigenvalue weighted by Gasteiger charge is -2.17. The second kappa shape index (κ2) is 10.3. The monoisotopic (exact) mass is 401 g/mol. The summed E-state index contributed by atoms with van der Waals surface area (Å²) in [7, 11) is 1.77. The Bertz CT molecular complexity index is 787. The second-order valence-electron chi connectivity index (χ2n) is 7.06. The molecule has 28 heavy (non-hydrogen) atoms. The Balaban J connectivity index is 1.54. The SMILES string of the molecule is CN=C(NCc1ccc(Cl)cc1)NCc1ccc(C)cc1OCC1CCOC1. The predicted molar refractivity (Wildman–Crippen MR) is 114 cm³/mol. The highest BCUT2D eigenvalue weighted by atomic mass is 35.5. The van der Waals surface area contributed by atoms with Crippen LogP contribution in [0.5, 0.6) is 5.75 Å². The van der Waals surface area contributed by atoms with Gasteiger partial charge in [0.1, 0.15) is 5.75 Å². The molecule has 3 rings (SSSR count). The molecule has 1 saturated heterocycles. The van der Waals surface area contributed by atoms with Crippen LogP contribution in [0.15, 0.2) is 47.5 Å². The van der Waals surface area contributed by atoms with E-state index in [1.807, 2.05) is 24.3 Å². The number of hydrogen-bond acceptors (Lipinski definition) is 3. The Kier molecular flexibility index (Phi) is 7.57. The largest absolute Gasteiger partial charge is 0.493 e. The molecule has 1 aliphatic rings. The van der Waals surface area contributed by atoms with Crippen LogP contribution in [-0.2, 0) is 17.8 Å². The standard InChI is InChI=1S/C22H28ClN3O2/c1-16-3-6-19(21(11-16)28-15-18-9-10-27-14-18)13-26-22(24-2)25-12-17-4-7-20(23)8-5-17/h3-8,11,18H,9-10,12-15H2,1-2H3,(H2,24,25,26). The molecule has 2 N–H and O–H groups in total. The van der Waals surface area contributed by atoms with Gasteiger partial charge in [0.2, 0.25) is 0 Å². The van der Waals surface area contributed by atoms with Crippen molar-refractivity contribution in [1.29, 1.82) is 0 Å². The maximum Gasteiger partial charge on any atom is 0.191 e. The van der Waals surface area contributed by atoms with Gasteiger partial charge in [-0.15, -0.1) is 0 Å². The molecule has 1 unspecified atom stereocenters. The molecule has 1 atom stereocenters. The van der Waals surface area contributed by atoms with Crippen molar-refractivity contribution >= 4 is 17.6 Å². The van der Waals surface area contributed by atoms with Gasteiger partial charge in [-0.05, 0) is 42.7 Å². The smallest absolute Gasteiger partial charge is 0.191 e. The van der Waals surface area contributed by atoms with Crippen molar-refractivity contribution in [3.8, 4) is 5.75 Å². The first-order valence-electron chi connectivity index (χ1n) is 9.63. The normalized spacial score (nSPS) is 16.8. The van der Waals surface area contributed by atoms with Gasteiger partial charge in [0, 0.05) is 43.2 Å². The summed E-state index contributed by atoms with van der Waals surface area (Å²) in [6.45, 7) is 5.72. The number of rotatable bonds is 7. The molecule has 2 aromatic carbocycles. The molecule has 150 valence electrons. The van der Waals surface area contributed by atoms with Crippen LogP contribution in [0.25, 0.3) is 0 Å². The molecule has 2 aromatic rings. The Morgan fingerprint density at radius 1 is 1.18 bits per heavy atom.